The quantitative estimate of drug-likeness (QED) is 0.852. The van der Waals surface area contributed by atoms with Gasteiger partial charge in [-0.2, -0.15) is 0 Å². The molecule has 0 amide bonds. The smallest absolute Gasteiger partial charge is 0.191 e. The molecular weight excluding hydrogens is 222 g/mol. The predicted molar refractivity (Wildman–Crippen MR) is 74.9 cm³/mol. The summed E-state index contributed by atoms with van der Waals surface area (Å²) in [6.07, 6.45) is 3.91. The Balaban J connectivity index is 1.66. The first-order chi connectivity index (χ1) is 8.78. The van der Waals surface area contributed by atoms with Crippen LogP contribution in [-0.2, 0) is 5.41 Å². The van der Waals surface area contributed by atoms with Crippen molar-refractivity contribution < 1.29 is 0 Å². The third-order valence-electron chi connectivity index (χ3n) is 4.20. The van der Waals surface area contributed by atoms with E-state index in [9.17, 15) is 0 Å². The van der Waals surface area contributed by atoms with Gasteiger partial charge in [-0.25, -0.2) is 0 Å². The number of benzene rings is 1. The number of hydrogen-bond donors (Lipinski definition) is 2. The molecule has 0 radical (unpaired) electrons. The van der Waals surface area contributed by atoms with Crippen LogP contribution in [0.25, 0.3) is 0 Å². The van der Waals surface area contributed by atoms with Crippen molar-refractivity contribution in [2.75, 3.05) is 13.1 Å². The third-order valence-corrected chi connectivity index (χ3v) is 4.20. The summed E-state index contributed by atoms with van der Waals surface area (Å²) in [5, 5.41) is 6.86. The van der Waals surface area contributed by atoms with Crippen LogP contribution in [0.15, 0.2) is 35.3 Å². The van der Waals surface area contributed by atoms with Crippen molar-refractivity contribution in [2.45, 2.75) is 37.6 Å². The molecule has 1 unspecified atom stereocenters. The van der Waals surface area contributed by atoms with Gasteiger partial charge in [0.2, 0.25) is 0 Å². The highest BCUT2D eigenvalue weighted by Gasteiger charge is 2.38. The molecule has 18 heavy (non-hydrogen) atoms. The summed E-state index contributed by atoms with van der Waals surface area (Å²) in [6.45, 7) is 4.05. The molecule has 0 bridgehead atoms. The number of aliphatic imine (C=N–C) groups is 1. The summed E-state index contributed by atoms with van der Waals surface area (Å²) < 4.78 is 0. The molecular formula is C15H21N3. The molecule has 1 aromatic carbocycles. The van der Waals surface area contributed by atoms with E-state index in [0.29, 0.717) is 11.5 Å². The lowest BCUT2D eigenvalue weighted by atomic mass is 9.64. The maximum Gasteiger partial charge on any atom is 0.191 e. The van der Waals surface area contributed by atoms with Gasteiger partial charge in [0.25, 0.3) is 0 Å². The minimum atomic E-state index is 0.331. The molecule has 1 fully saturated rings. The molecule has 1 aliphatic carbocycles. The first-order valence-corrected chi connectivity index (χ1v) is 6.89. The lowest BCUT2D eigenvalue weighted by Gasteiger charge is -2.42. The van der Waals surface area contributed by atoms with E-state index in [1.807, 2.05) is 0 Å². The van der Waals surface area contributed by atoms with Crippen molar-refractivity contribution in [1.29, 1.82) is 0 Å². The number of nitrogens with one attached hydrogen (secondary N) is 2. The van der Waals surface area contributed by atoms with Crippen molar-refractivity contribution in [3.8, 4) is 0 Å². The van der Waals surface area contributed by atoms with Gasteiger partial charge in [0.05, 0.1) is 6.54 Å². The highest BCUT2D eigenvalue weighted by atomic mass is 15.2. The Morgan fingerprint density at radius 1 is 1.33 bits per heavy atom. The molecule has 1 atom stereocenters. The van der Waals surface area contributed by atoms with Gasteiger partial charge in [0, 0.05) is 18.0 Å². The fourth-order valence-electron chi connectivity index (χ4n) is 2.88. The van der Waals surface area contributed by atoms with Gasteiger partial charge in [-0.05, 0) is 25.3 Å². The van der Waals surface area contributed by atoms with Crippen LogP contribution in [0.2, 0.25) is 0 Å². The average molecular weight is 243 g/mol. The standard InChI is InChI=1S/C15H21N3/c1-12-10-16-14(18-12)17-11-15(8-5-9-15)13-6-3-2-4-7-13/h2-4,6-7,12H,5,8-11H2,1H3,(H2,16,17,18). The van der Waals surface area contributed by atoms with Gasteiger partial charge in [0.1, 0.15) is 0 Å². The summed E-state index contributed by atoms with van der Waals surface area (Å²) in [5.41, 5.74) is 1.80. The Morgan fingerprint density at radius 2 is 2.11 bits per heavy atom. The van der Waals surface area contributed by atoms with Crippen molar-refractivity contribution in [3.05, 3.63) is 35.9 Å². The first kappa shape index (κ1) is 11.6. The second kappa shape index (κ2) is 4.63. The largest absolute Gasteiger partial charge is 0.356 e. The topological polar surface area (TPSA) is 36.4 Å². The average Bonchev–Trinajstić information content (AvgIpc) is 2.75. The first-order valence-electron chi connectivity index (χ1n) is 6.89. The van der Waals surface area contributed by atoms with E-state index in [1.165, 1.54) is 24.8 Å². The molecule has 0 aromatic heterocycles. The zero-order valence-corrected chi connectivity index (χ0v) is 10.9. The third kappa shape index (κ3) is 2.09. The molecule has 1 aromatic rings. The molecule has 0 spiro atoms. The van der Waals surface area contributed by atoms with E-state index in [0.717, 1.165) is 19.0 Å². The van der Waals surface area contributed by atoms with E-state index in [2.05, 4.69) is 52.9 Å². The van der Waals surface area contributed by atoms with Gasteiger partial charge in [-0.3, -0.25) is 4.99 Å². The number of hydrogen-bond acceptors (Lipinski definition) is 3. The summed E-state index contributed by atoms with van der Waals surface area (Å²) in [4.78, 5) is 4.47. The van der Waals surface area contributed by atoms with Gasteiger partial charge in [-0.1, -0.05) is 36.8 Å². The van der Waals surface area contributed by atoms with Crippen LogP contribution in [0.4, 0.5) is 0 Å². The van der Waals surface area contributed by atoms with Gasteiger partial charge in [-0.15, -0.1) is 0 Å². The monoisotopic (exact) mass is 243 g/mol. The lowest BCUT2D eigenvalue weighted by Crippen LogP contribution is -2.48. The fourth-order valence-corrected chi connectivity index (χ4v) is 2.88. The summed E-state index contributed by atoms with van der Waals surface area (Å²) in [6, 6.07) is 11.4. The summed E-state index contributed by atoms with van der Waals surface area (Å²) >= 11 is 0. The Hall–Kier alpha value is -1.51. The molecule has 3 nitrogen and oxygen atoms in total. The van der Waals surface area contributed by atoms with E-state index in [1.54, 1.807) is 0 Å². The number of nitrogens with zero attached hydrogens (tertiary/aromatic N) is 1. The molecule has 96 valence electrons. The number of guanidine groups is 1. The molecule has 1 saturated carbocycles. The van der Waals surface area contributed by atoms with Crippen LogP contribution in [0, 0.1) is 0 Å². The summed E-state index contributed by atoms with van der Waals surface area (Å²) in [5.74, 6) is 0.977. The van der Waals surface area contributed by atoms with Crippen LogP contribution >= 0.6 is 0 Å². The summed E-state index contributed by atoms with van der Waals surface area (Å²) in [7, 11) is 0. The van der Waals surface area contributed by atoms with E-state index >= 15 is 0 Å². The van der Waals surface area contributed by atoms with Crippen LogP contribution in [0.3, 0.4) is 0 Å². The highest BCUT2D eigenvalue weighted by molar-refractivity contribution is 5.81. The second-order valence-corrected chi connectivity index (χ2v) is 5.59. The highest BCUT2D eigenvalue weighted by Crippen LogP contribution is 2.43. The predicted octanol–water partition coefficient (Wildman–Crippen LogP) is 2.05. The van der Waals surface area contributed by atoms with Crippen LogP contribution in [-0.4, -0.2) is 25.1 Å². The van der Waals surface area contributed by atoms with Crippen LogP contribution < -0.4 is 10.6 Å². The molecule has 1 heterocycles. The van der Waals surface area contributed by atoms with Gasteiger partial charge < -0.3 is 10.6 Å². The molecule has 2 aliphatic rings. The lowest BCUT2D eigenvalue weighted by molar-refractivity contribution is 0.244. The minimum Gasteiger partial charge on any atom is -0.356 e. The van der Waals surface area contributed by atoms with Crippen molar-refractivity contribution in [3.63, 3.8) is 0 Å². The van der Waals surface area contributed by atoms with Crippen LogP contribution in [0.1, 0.15) is 31.7 Å². The Kier molecular flexibility index (Phi) is 2.98. The van der Waals surface area contributed by atoms with Gasteiger partial charge >= 0.3 is 0 Å². The van der Waals surface area contributed by atoms with E-state index in [-0.39, 0.29) is 0 Å². The maximum atomic E-state index is 4.47. The molecule has 2 N–H and O–H groups in total. The van der Waals surface area contributed by atoms with Crippen molar-refractivity contribution in [1.82, 2.24) is 10.6 Å². The minimum absolute atomic E-state index is 0.331. The van der Waals surface area contributed by atoms with Crippen molar-refractivity contribution >= 4 is 5.96 Å². The SMILES string of the molecule is CC1CN=C(NCC2(c3ccccc3)CCC2)N1. The normalized spacial score (nSPS) is 24.9. The van der Waals surface area contributed by atoms with E-state index in [4.69, 9.17) is 0 Å². The Labute approximate surface area is 109 Å². The zero-order chi connectivity index (χ0) is 12.4. The van der Waals surface area contributed by atoms with E-state index < -0.39 is 0 Å². The molecule has 1 aliphatic heterocycles. The second-order valence-electron chi connectivity index (χ2n) is 5.59. The Bertz CT molecular complexity index is 434. The van der Waals surface area contributed by atoms with Crippen LogP contribution in [0.5, 0.6) is 0 Å². The number of rotatable bonds is 3. The molecule has 3 heteroatoms. The zero-order valence-electron chi connectivity index (χ0n) is 10.9. The maximum absolute atomic E-state index is 4.47. The molecule has 0 saturated heterocycles. The fraction of sp³-hybridized carbons (Fsp3) is 0.533. The van der Waals surface area contributed by atoms with Crippen molar-refractivity contribution in [2.24, 2.45) is 4.99 Å². The van der Waals surface area contributed by atoms with Gasteiger partial charge in [0.15, 0.2) is 5.96 Å². The molecule has 3 rings (SSSR count). The Morgan fingerprint density at radius 3 is 2.67 bits per heavy atom.